The summed E-state index contributed by atoms with van der Waals surface area (Å²) >= 11 is 3.10. The van der Waals surface area contributed by atoms with Crippen molar-refractivity contribution in [3.63, 3.8) is 0 Å². The van der Waals surface area contributed by atoms with E-state index in [2.05, 4.69) is 86.1 Å². The van der Waals surface area contributed by atoms with Gasteiger partial charge in [0.1, 0.15) is 50.1 Å². The van der Waals surface area contributed by atoms with E-state index in [9.17, 15) is 43.8 Å². The first-order valence-corrected chi connectivity index (χ1v) is 36.6. The smallest absolute Gasteiger partial charge is 0.332 e. The number of amides is 4. The lowest BCUT2D eigenvalue weighted by atomic mass is 9.93. The number of hydrogen-bond donors (Lipinski definition) is 5. The number of pyridine rings is 2. The summed E-state index contributed by atoms with van der Waals surface area (Å²) in [5.74, 6) is -2.78. The number of benzene rings is 2. The normalized spacial score (nSPS) is 24.4. The number of nitrogens with zero attached hydrogens (tertiary/aromatic N) is 5. The summed E-state index contributed by atoms with van der Waals surface area (Å²) in [6.45, 7) is 23.1. The molecule has 5 N–H and O–H groups in total. The van der Waals surface area contributed by atoms with Crippen LogP contribution in [0.5, 0.6) is 17.2 Å². The molecule has 4 amide bonds. The fraction of sp³-hybridized carbons (Fsp3) is 0.526. The Morgan fingerprint density at radius 3 is 2.11 bits per heavy atom. The fourth-order valence-electron chi connectivity index (χ4n) is 13.9. The number of H-pyrrole nitrogens is 1. The van der Waals surface area contributed by atoms with Gasteiger partial charge in [-0.2, -0.15) is 0 Å². The van der Waals surface area contributed by atoms with E-state index in [-0.39, 0.29) is 66.8 Å². The molecule has 4 aromatic heterocycles. The van der Waals surface area contributed by atoms with Crippen molar-refractivity contribution in [1.29, 1.82) is 0 Å². The van der Waals surface area contributed by atoms with Crippen LogP contribution in [0.1, 0.15) is 160 Å². The van der Waals surface area contributed by atoms with Gasteiger partial charge in [0.15, 0.2) is 5.43 Å². The number of ether oxygens (including phenoxy) is 4. The molecular weight excluding hydrogens is 1300 g/mol. The second-order valence-electron chi connectivity index (χ2n) is 27.3. The predicted molar refractivity (Wildman–Crippen MR) is 386 cm³/mol. The maximum Gasteiger partial charge on any atom is 0.332 e. The number of aryl methyl sites for hydroxylation is 2. The highest BCUT2D eigenvalue weighted by Gasteiger charge is 2.63. The van der Waals surface area contributed by atoms with E-state index in [0.717, 1.165) is 111 Å². The van der Waals surface area contributed by atoms with Gasteiger partial charge in [-0.1, -0.05) is 65.8 Å². The molecule has 4 aliphatic carbocycles. The molecule has 5 aliphatic rings. The van der Waals surface area contributed by atoms with E-state index < -0.39 is 64.8 Å². The summed E-state index contributed by atoms with van der Waals surface area (Å²) in [4.78, 5) is 112. The van der Waals surface area contributed by atoms with Crippen LogP contribution in [-0.2, 0) is 46.3 Å². The van der Waals surface area contributed by atoms with Crippen molar-refractivity contribution in [3.05, 3.63) is 117 Å². The van der Waals surface area contributed by atoms with Crippen LogP contribution in [0, 0.1) is 35.5 Å². The zero-order chi connectivity index (χ0) is 71.6. The molecule has 99 heavy (non-hydrogen) atoms. The van der Waals surface area contributed by atoms with Gasteiger partial charge in [-0.15, -0.1) is 35.8 Å². The molecule has 5 heterocycles. The number of unbranched alkanes of at least 4 members (excludes halogenated alkanes) is 2. The van der Waals surface area contributed by atoms with Crippen molar-refractivity contribution in [2.45, 2.75) is 173 Å². The molecule has 0 saturated heterocycles. The second-order valence-corrected chi connectivity index (χ2v) is 29.0. The molecule has 0 radical (unpaired) electrons. The summed E-state index contributed by atoms with van der Waals surface area (Å²) in [6, 6.07) is 11.1. The number of methoxy groups -OCH3 is 2. The lowest BCUT2D eigenvalue weighted by Crippen LogP contribution is -2.50. The number of thiazole rings is 2. The highest BCUT2D eigenvalue weighted by Crippen LogP contribution is 2.49. The van der Waals surface area contributed by atoms with E-state index in [0.29, 0.717) is 61.5 Å². The summed E-state index contributed by atoms with van der Waals surface area (Å²) in [5, 5.41) is 33.2. The third-order valence-corrected chi connectivity index (χ3v) is 21.7. The number of carbonyl (C=O) groups excluding carboxylic acids is 5. The van der Waals surface area contributed by atoms with E-state index in [4.69, 9.17) is 28.9 Å². The molecule has 21 nitrogen and oxygen atoms in total. The van der Waals surface area contributed by atoms with E-state index in [1.54, 1.807) is 68.5 Å². The minimum Gasteiger partial charge on any atom is -0.496 e. The Balaban J connectivity index is 0.000000188. The number of esters is 1. The van der Waals surface area contributed by atoms with Gasteiger partial charge >= 0.3 is 11.9 Å². The zero-order valence-electron chi connectivity index (χ0n) is 59.1. The SMILES string of the molecule is C=CCCCCN(C)C(=O)[C@@H]1C[C@@H](O)C[C@H]1C(=O)N[C@]1(C(=O)OCC)C[C@H]1C=C.CCc1c(OC)ccc2c(=O)cc(-c3nc(C(C)C)cs3)[nH]c12.CCc1c(OC)ccc2c(O[C@@H]3C[C@H]4C(=O)N[C@]5(C(=O)O)C[C@H]5/C=C\CCCCN(C)C(=O)[C@@H]4C3)cc(-c3nc(C(C)C)cs3)nc12. The summed E-state index contributed by atoms with van der Waals surface area (Å²) < 4.78 is 23.0. The molecule has 532 valence electrons. The van der Waals surface area contributed by atoms with E-state index >= 15 is 0 Å². The van der Waals surface area contributed by atoms with Crippen molar-refractivity contribution in [1.82, 2.24) is 40.4 Å². The zero-order valence-corrected chi connectivity index (χ0v) is 60.7. The molecule has 0 bridgehead atoms. The predicted octanol–water partition coefficient (Wildman–Crippen LogP) is 12.1. The minimum absolute atomic E-state index is 0.00685. The topological polar surface area (TPSA) is 282 Å². The molecule has 11 rings (SSSR count). The Bertz CT molecular complexity index is 4050. The number of fused-ring (bicyclic) bond motifs is 4. The first kappa shape index (κ1) is 74.9. The maximum absolute atomic E-state index is 13.9. The Morgan fingerprint density at radius 1 is 0.828 bits per heavy atom. The largest absolute Gasteiger partial charge is 0.496 e. The second kappa shape index (κ2) is 32.8. The number of aliphatic hydroxyl groups is 1. The van der Waals surface area contributed by atoms with Crippen molar-refractivity contribution in [2.24, 2.45) is 35.5 Å². The van der Waals surface area contributed by atoms with Gasteiger partial charge < -0.3 is 54.6 Å². The lowest BCUT2D eigenvalue weighted by molar-refractivity contribution is -0.150. The first-order valence-electron chi connectivity index (χ1n) is 34.9. The van der Waals surface area contributed by atoms with Crippen LogP contribution in [0.15, 0.2) is 89.4 Å². The minimum atomic E-state index is -1.33. The number of rotatable bonds is 22. The molecule has 6 aromatic rings. The van der Waals surface area contributed by atoms with Gasteiger partial charge in [0.2, 0.25) is 23.6 Å². The molecule has 0 spiro atoms. The molecular formula is C76H98N8O13S2. The van der Waals surface area contributed by atoms with E-state index in [1.165, 1.54) is 11.3 Å². The number of hydrogen-bond acceptors (Lipinski definition) is 17. The van der Waals surface area contributed by atoms with Crippen molar-refractivity contribution >= 4 is 80.0 Å². The molecule has 2 aromatic carbocycles. The molecule has 10 atom stereocenters. The van der Waals surface area contributed by atoms with Crippen LogP contribution in [0.4, 0.5) is 0 Å². The third-order valence-electron chi connectivity index (χ3n) is 20.0. The highest BCUT2D eigenvalue weighted by molar-refractivity contribution is 7.13. The number of carboxylic acid groups (broad SMARTS) is 1. The van der Waals surface area contributed by atoms with Gasteiger partial charge in [-0.25, -0.2) is 24.5 Å². The number of carbonyl (C=O) groups is 6. The number of aliphatic carboxylic acids is 1. The highest BCUT2D eigenvalue weighted by atomic mass is 32.1. The Kier molecular flexibility index (Phi) is 24.8. The lowest BCUT2D eigenvalue weighted by Gasteiger charge is -2.26. The van der Waals surface area contributed by atoms with Crippen LogP contribution in [0.2, 0.25) is 0 Å². The van der Waals surface area contributed by atoms with Crippen LogP contribution in [0.3, 0.4) is 0 Å². The molecule has 1 aliphatic heterocycles. The maximum atomic E-state index is 13.9. The number of aliphatic hydroxyl groups excluding tert-OH is 1. The summed E-state index contributed by atoms with van der Waals surface area (Å²) in [6.07, 6.45) is 14.9. The van der Waals surface area contributed by atoms with Gasteiger partial charge in [-0.05, 0) is 133 Å². The van der Waals surface area contributed by atoms with Crippen molar-refractivity contribution in [3.8, 4) is 38.7 Å². The monoisotopic (exact) mass is 1390 g/mol. The molecule has 23 heteroatoms. The molecule has 4 saturated carbocycles. The number of aromatic nitrogens is 4. The Hall–Kier alpha value is -8.28. The molecule has 4 fully saturated rings. The van der Waals surface area contributed by atoms with Gasteiger partial charge in [0.25, 0.3) is 0 Å². The number of carboxylic acids is 1. The van der Waals surface area contributed by atoms with Crippen LogP contribution in [0.25, 0.3) is 43.2 Å². The van der Waals surface area contributed by atoms with Gasteiger partial charge in [0.05, 0.1) is 78.7 Å². The summed E-state index contributed by atoms with van der Waals surface area (Å²) in [5.41, 5.74) is 4.67. The van der Waals surface area contributed by atoms with Gasteiger partial charge in [0, 0.05) is 83.8 Å². The Morgan fingerprint density at radius 2 is 1.48 bits per heavy atom. The summed E-state index contributed by atoms with van der Waals surface area (Å²) in [7, 11) is 6.81. The first-order chi connectivity index (χ1) is 47.4. The number of aromatic amines is 1. The van der Waals surface area contributed by atoms with Crippen molar-refractivity contribution in [2.75, 3.05) is 48.0 Å². The Labute approximate surface area is 588 Å². The number of allylic oxidation sites excluding steroid dienone is 2. The van der Waals surface area contributed by atoms with Crippen molar-refractivity contribution < 1.29 is 57.9 Å². The van der Waals surface area contributed by atoms with E-state index in [1.807, 2.05) is 48.6 Å². The quantitative estimate of drug-likeness (QED) is 0.0240. The fourth-order valence-corrected chi connectivity index (χ4v) is 15.8. The molecule has 0 unspecified atom stereocenters. The van der Waals surface area contributed by atoms with Gasteiger partial charge in [-0.3, -0.25) is 24.0 Å². The van der Waals surface area contributed by atoms with Crippen LogP contribution < -0.4 is 30.3 Å². The standard InChI is InChI=1S/C36H44N4O6S.C22H34N2O5.C18H20N2O2S/c1-6-23-29(45-5)13-12-24-30(17-27(37-31(23)24)33-38-28(19-47-33)20(2)3)46-22-15-25-26(16-22)34(42)40(4)14-10-8-7-9-11-21-18-36(21,35(43)44)39-32(25)41;1-5-8-9-10-11-24(4)20(27)18-13-16(25)12-17(18)19(26)23-22(14-15(22)6-2)21(28)29-7-3;1-5-11-16(22-4)7-6-12-15(21)8-13(19-17(11)12)18-20-14(9-23-18)10(2)3/h9,11-13,17,19-22,25-26H,6-8,10,14-16,18H2,1-5H3,(H,39,41)(H,43,44);5-6,15-18,25H,1-2,7-14H2,3-4H3,(H,23,26);6-10H,5H2,1-4H3,(H,19,21)/b11-9-;;/t21-,22-,25-,26-,36-;15-,16+,17-,18-,22-;/m11./s1. The average Bonchev–Trinajstić information content (AvgIpc) is 1.66. The average molecular weight is 1400 g/mol. The van der Waals surface area contributed by atoms with Crippen LogP contribution >= 0.6 is 22.7 Å². The van der Waals surface area contributed by atoms with Crippen LogP contribution in [-0.4, -0.2) is 147 Å². The third kappa shape index (κ3) is 16.6. The number of nitrogens with one attached hydrogen (secondary N) is 3.